The van der Waals surface area contributed by atoms with Crippen LogP contribution in [0, 0.1) is 10.1 Å². The van der Waals surface area contributed by atoms with Gasteiger partial charge in [-0.25, -0.2) is 10.2 Å². The molecule has 0 unspecified atom stereocenters. The molecule has 0 aromatic heterocycles. The third-order valence-electron chi connectivity index (χ3n) is 2.90. The van der Waals surface area contributed by atoms with Gasteiger partial charge in [-0.1, -0.05) is 11.6 Å². The third-order valence-corrected chi connectivity index (χ3v) is 3.14. The van der Waals surface area contributed by atoms with E-state index in [4.69, 9.17) is 16.3 Å². The van der Waals surface area contributed by atoms with Crippen LogP contribution < -0.4 is 10.7 Å². The van der Waals surface area contributed by atoms with Crippen LogP contribution in [0.15, 0.2) is 23.3 Å². The number of hydrazone groups is 1. The Labute approximate surface area is 139 Å². The molecule has 0 fully saturated rings. The van der Waals surface area contributed by atoms with Gasteiger partial charge in [-0.05, 0) is 12.1 Å². The summed E-state index contributed by atoms with van der Waals surface area (Å²) in [5, 5.41) is 16.8. The normalized spacial score (nSPS) is 13.5. The molecule has 0 saturated heterocycles. The van der Waals surface area contributed by atoms with Gasteiger partial charge in [0, 0.05) is 23.9 Å². The molecule has 0 aliphatic carbocycles. The zero-order valence-electron chi connectivity index (χ0n) is 12.1. The Kier molecular flexibility index (Phi) is 5.42. The molecule has 11 heteroatoms. The first-order valence-corrected chi connectivity index (χ1v) is 7.01. The number of benzene rings is 1. The van der Waals surface area contributed by atoms with Crippen molar-refractivity contribution in [3.8, 4) is 0 Å². The van der Waals surface area contributed by atoms with E-state index >= 15 is 0 Å². The van der Waals surface area contributed by atoms with Gasteiger partial charge < -0.3 is 10.1 Å². The number of amides is 2. The zero-order chi connectivity index (χ0) is 17.7. The van der Waals surface area contributed by atoms with Gasteiger partial charge >= 0.3 is 5.97 Å². The van der Waals surface area contributed by atoms with E-state index in [1.54, 1.807) is 0 Å². The highest BCUT2D eigenvalue weighted by molar-refractivity contribution is 6.37. The summed E-state index contributed by atoms with van der Waals surface area (Å²) < 4.78 is 4.75. The lowest BCUT2D eigenvalue weighted by Crippen LogP contribution is -2.32. The fourth-order valence-electron chi connectivity index (χ4n) is 1.78. The van der Waals surface area contributed by atoms with Crippen LogP contribution in [0.4, 0.5) is 11.4 Å². The SMILES string of the molecule is O=C1CCC(C(=O)OCC(=O)Nc2ccc(Cl)cc2[N+](=O)[O-])=NN1. The van der Waals surface area contributed by atoms with Gasteiger partial charge in [-0.3, -0.25) is 19.7 Å². The highest BCUT2D eigenvalue weighted by Gasteiger charge is 2.21. The molecular weight excluding hydrogens is 344 g/mol. The molecule has 0 radical (unpaired) electrons. The maximum Gasteiger partial charge on any atom is 0.355 e. The number of nitro benzene ring substituents is 1. The molecule has 24 heavy (non-hydrogen) atoms. The Hall–Kier alpha value is -3.01. The van der Waals surface area contributed by atoms with E-state index in [0.717, 1.165) is 6.07 Å². The lowest BCUT2D eigenvalue weighted by molar-refractivity contribution is -0.383. The number of nitrogens with one attached hydrogen (secondary N) is 2. The van der Waals surface area contributed by atoms with Crippen molar-refractivity contribution in [2.45, 2.75) is 12.8 Å². The number of ether oxygens (including phenoxy) is 1. The number of esters is 1. The first-order valence-electron chi connectivity index (χ1n) is 6.63. The fourth-order valence-corrected chi connectivity index (χ4v) is 1.95. The molecule has 0 atom stereocenters. The highest BCUT2D eigenvalue weighted by atomic mass is 35.5. The minimum Gasteiger partial charge on any atom is -0.451 e. The predicted octanol–water partition coefficient (Wildman–Crippen LogP) is 0.996. The number of carbonyl (C=O) groups excluding carboxylic acids is 3. The lowest BCUT2D eigenvalue weighted by atomic mass is 10.2. The van der Waals surface area contributed by atoms with E-state index in [-0.39, 0.29) is 40.9 Å². The molecule has 2 amide bonds. The van der Waals surface area contributed by atoms with Crippen LogP contribution in [0.1, 0.15) is 12.8 Å². The molecule has 126 valence electrons. The molecule has 1 aliphatic heterocycles. The summed E-state index contributed by atoms with van der Waals surface area (Å²) in [4.78, 5) is 44.6. The Morgan fingerprint density at radius 1 is 1.42 bits per heavy atom. The van der Waals surface area contributed by atoms with E-state index in [2.05, 4.69) is 15.8 Å². The minimum absolute atomic E-state index is 0.0140. The molecule has 1 heterocycles. The fraction of sp³-hybridized carbons (Fsp3) is 0.231. The lowest BCUT2D eigenvalue weighted by Gasteiger charge is -2.11. The second kappa shape index (κ2) is 7.51. The van der Waals surface area contributed by atoms with Crippen molar-refractivity contribution >= 4 is 46.5 Å². The van der Waals surface area contributed by atoms with Crippen LogP contribution in [-0.4, -0.2) is 35.0 Å². The number of nitro groups is 1. The summed E-state index contributed by atoms with van der Waals surface area (Å²) in [5.41, 5.74) is 1.65. The topological polar surface area (TPSA) is 140 Å². The average molecular weight is 355 g/mol. The number of anilines is 1. The summed E-state index contributed by atoms with van der Waals surface area (Å²) >= 11 is 5.67. The number of halogens is 1. The van der Waals surface area contributed by atoms with Crippen molar-refractivity contribution < 1.29 is 24.0 Å². The molecular formula is C13H11ClN4O6. The van der Waals surface area contributed by atoms with E-state index in [0.29, 0.717) is 0 Å². The van der Waals surface area contributed by atoms with E-state index in [9.17, 15) is 24.5 Å². The van der Waals surface area contributed by atoms with Crippen LogP contribution in [-0.2, 0) is 19.1 Å². The molecule has 0 spiro atoms. The Morgan fingerprint density at radius 3 is 2.79 bits per heavy atom. The Bertz CT molecular complexity index is 748. The monoisotopic (exact) mass is 354 g/mol. The molecule has 0 bridgehead atoms. The zero-order valence-corrected chi connectivity index (χ0v) is 12.8. The van der Waals surface area contributed by atoms with Gasteiger partial charge in [0.25, 0.3) is 11.6 Å². The maximum atomic E-state index is 11.8. The molecule has 10 nitrogen and oxygen atoms in total. The highest BCUT2D eigenvalue weighted by Crippen LogP contribution is 2.27. The van der Waals surface area contributed by atoms with Crippen molar-refractivity contribution in [3.63, 3.8) is 0 Å². The average Bonchev–Trinajstić information content (AvgIpc) is 2.54. The summed E-state index contributed by atoms with van der Waals surface area (Å²) in [6.45, 7) is -0.661. The second-order valence-corrected chi connectivity index (χ2v) is 5.07. The number of hydrogen-bond donors (Lipinski definition) is 2. The van der Waals surface area contributed by atoms with Gasteiger partial charge in [-0.15, -0.1) is 0 Å². The van der Waals surface area contributed by atoms with Gasteiger partial charge in [0.2, 0.25) is 5.91 Å². The van der Waals surface area contributed by atoms with Crippen molar-refractivity contribution in [1.29, 1.82) is 0 Å². The largest absolute Gasteiger partial charge is 0.451 e. The smallest absolute Gasteiger partial charge is 0.355 e. The van der Waals surface area contributed by atoms with E-state index in [1.807, 2.05) is 0 Å². The van der Waals surface area contributed by atoms with Crippen molar-refractivity contribution in [2.75, 3.05) is 11.9 Å². The quantitative estimate of drug-likeness (QED) is 0.459. The van der Waals surface area contributed by atoms with E-state index < -0.39 is 23.4 Å². The van der Waals surface area contributed by atoms with Crippen molar-refractivity contribution in [2.24, 2.45) is 5.10 Å². The Balaban J connectivity index is 1.93. The van der Waals surface area contributed by atoms with Crippen LogP contribution >= 0.6 is 11.6 Å². The summed E-state index contributed by atoms with van der Waals surface area (Å²) in [6, 6.07) is 3.72. The molecule has 1 aliphatic rings. The third kappa shape index (κ3) is 4.49. The van der Waals surface area contributed by atoms with Gasteiger partial charge in [-0.2, -0.15) is 5.10 Å². The summed E-state index contributed by atoms with van der Waals surface area (Å²) in [7, 11) is 0. The second-order valence-electron chi connectivity index (χ2n) is 4.64. The van der Waals surface area contributed by atoms with Crippen molar-refractivity contribution in [3.05, 3.63) is 33.3 Å². The predicted molar refractivity (Wildman–Crippen MR) is 82.5 cm³/mol. The summed E-state index contributed by atoms with van der Waals surface area (Å²) in [6.07, 6.45) is 0.200. The number of carbonyl (C=O) groups is 3. The van der Waals surface area contributed by atoms with Crippen LogP contribution in [0.2, 0.25) is 5.02 Å². The summed E-state index contributed by atoms with van der Waals surface area (Å²) in [5.74, 6) is -1.94. The van der Waals surface area contributed by atoms with Gasteiger partial charge in [0.1, 0.15) is 11.4 Å². The Morgan fingerprint density at radius 2 is 2.17 bits per heavy atom. The molecule has 2 N–H and O–H groups in total. The van der Waals surface area contributed by atoms with Gasteiger partial charge in [0.05, 0.1) is 4.92 Å². The van der Waals surface area contributed by atoms with E-state index in [1.165, 1.54) is 12.1 Å². The maximum absolute atomic E-state index is 11.8. The number of rotatable bonds is 5. The molecule has 1 aromatic carbocycles. The van der Waals surface area contributed by atoms with Crippen LogP contribution in [0.3, 0.4) is 0 Å². The van der Waals surface area contributed by atoms with Gasteiger partial charge in [0.15, 0.2) is 6.61 Å². The molecule has 1 aromatic rings. The van der Waals surface area contributed by atoms with Crippen LogP contribution in [0.5, 0.6) is 0 Å². The number of hydrogen-bond acceptors (Lipinski definition) is 7. The number of nitrogens with zero attached hydrogens (tertiary/aromatic N) is 2. The standard InChI is InChI=1S/C13H11ClN4O6/c14-7-1-2-8(10(5-7)18(22)23)15-12(20)6-24-13(21)9-3-4-11(19)17-16-9/h1-2,5H,3-4,6H2,(H,15,20)(H,17,19). The molecule has 2 rings (SSSR count). The minimum atomic E-state index is -0.851. The molecule has 0 saturated carbocycles. The first-order chi connectivity index (χ1) is 11.4. The first kappa shape index (κ1) is 17.3. The van der Waals surface area contributed by atoms with Crippen molar-refractivity contribution in [1.82, 2.24) is 5.43 Å². The van der Waals surface area contributed by atoms with Crippen LogP contribution in [0.25, 0.3) is 0 Å².